The Kier molecular flexibility index (Phi) is 16.2. The second-order valence-electron chi connectivity index (χ2n) is 17.3. The maximum Gasteiger partial charge on any atom is 0.239 e. The van der Waals surface area contributed by atoms with E-state index in [1.165, 1.54) is 25.0 Å². The van der Waals surface area contributed by atoms with Crippen LogP contribution in [0.25, 0.3) is 0 Å². The van der Waals surface area contributed by atoms with E-state index in [1.807, 2.05) is 54.5 Å². The molecular weight excluding hydrogens is 804 g/mol. The summed E-state index contributed by atoms with van der Waals surface area (Å²) in [4.78, 5) is 24.0. The first-order valence-electron chi connectivity index (χ1n) is 22.9. The van der Waals surface area contributed by atoms with Gasteiger partial charge >= 0.3 is 0 Å². The van der Waals surface area contributed by atoms with Gasteiger partial charge in [0.2, 0.25) is 11.7 Å². The molecule has 0 spiro atoms. The number of aliphatic hydroxyl groups excluding tert-OH is 2. The molecule has 7 rings (SSSR count). The van der Waals surface area contributed by atoms with Crippen molar-refractivity contribution in [3.05, 3.63) is 108 Å². The average Bonchev–Trinajstić information content (AvgIpc) is 3.82. The first kappa shape index (κ1) is 45.9. The molecule has 6 unspecified atom stereocenters. The Hall–Kier alpha value is -4.16. The number of carbonyl (C=O) groups excluding carboxylic acids is 1. The Labute approximate surface area is 371 Å². The van der Waals surface area contributed by atoms with Gasteiger partial charge in [-0.05, 0) is 129 Å². The van der Waals surface area contributed by atoms with E-state index < -0.39 is 17.7 Å². The van der Waals surface area contributed by atoms with Crippen LogP contribution in [0.4, 0.5) is 4.39 Å². The highest BCUT2D eigenvalue weighted by Crippen LogP contribution is 2.62. The van der Waals surface area contributed by atoms with Gasteiger partial charge in [0, 0.05) is 49.0 Å². The highest BCUT2D eigenvalue weighted by Gasteiger charge is 2.65. The summed E-state index contributed by atoms with van der Waals surface area (Å²) in [5, 5.41) is 24.8. The Bertz CT molecular complexity index is 2000. The summed E-state index contributed by atoms with van der Waals surface area (Å²) >= 11 is 1.68. The third-order valence-electron chi connectivity index (χ3n) is 13.4. The molecule has 0 aromatic heterocycles. The monoisotopic (exact) mass is 868 g/mol. The van der Waals surface area contributed by atoms with Crippen LogP contribution in [-0.4, -0.2) is 71.2 Å². The Morgan fingerprint density at radius 3 is 2.40 bits per heavy atom. The average molecular weight is 869 g/mol. The molecule has 2 saturated carbocycles. The number of rotatable bonds is 22. The van der Waals surface area contributed by atoms with Crippen LogP contribution in [0, 0.1) is 29.5 Å². The number of ether oxygens (including phenoxy) is 3. The molecule has 2 fully saturated rings. The van der Waals surface area contributed by atoms with Crippen molar-refractivity contribution >= 4 is 23.4 Å². The van der Waals surface area contributed by atoms with Crippen LogP contribution in [0.3, 0.4) is 0 Å². The zero-order chi connectivity index (χ0) is 43.5. The molecule has 9 nitrogen and oxygen atoms in total. The van der Waals surface area contributed by atoms with Crippen molar-refractivity contribution in [3.8, 4) is 17.2 Å². The van der Waals surface area contributed by atoms with E-state index in [9.17, 15) is 14.6 Å². The fourth-order valence-corrected chi connectivity index (χ4v) is 11.0. The minimum absolute atomic E-state index is 0.00429. The van der Waals surface area contributed by atoms with Gasteiger partial charge in [-0.15, -0.1) is 18.3 Å². The van der Waals surface area contributed by atoms with Gasteiger partial charge in [0.1, 0.15) is 35.7 Å². The van der Waals surface area contributed by atoms with Crippen LogP contribution in [0.5, 0.6) is 17.2 Å². The molecule has 11 heteroatoms. The van der Waals surface area contributed by atoms with Gasteiger partial charge in [-0.3, -0.25) is 4.79 Å². The Balaban J connectivity index is 1.42. The summed E-state index contributed by atoms with van der Waals surface area (Å²) in [5.41, 5.74) is 3.54. The maximum atomic E-state index is 15.0. The molecule has 6 atom stereocenters. The quantitative estimate of drug-likeness (QED) is 0.0445. The second-order valence-corrected chi connectivity index (χ2v) is 18.2. The number of unbranched alkanes of at least 4 members (excludes halogenated alkanes) is 2. The molecule has 0 saturated heterocycles. The minimum atomic E-state index is -1.38. The second kappa shape index (κ2) is 22.0. The number of carbonyl (C=O) groups is 1. The molecule has 3 aromatic carbocycles. The molecule has 3 aromatic rings. The molecule has 1 heterocycles. The number of hydrogen-bond acceptors (Lipinski definition) is 9. The van der Waals surface area contributed by atoms with Crippen LogP contribution >= 0.6 is 11.8 Å². The molecule has 1 amide bonds. The molecule has 0 radical (unpaired) electrons. The summed E-state index contributed by atoms with van der Waals surface area (Å²) in [6.45, 7) is 6.98. The maximum absolute atomic E-state index is 15.0. The number of thioether (sulfide) groups is 1. The van der Waals surface area contributed by atoms with E-state index in [0.717, 1.165) is 78.0 Å². The summed E-state index contributed by atoms with van der Waals surface area (Å²) in [5.74, 6) is 0.431. The van der Waals surface area contributed by atoms with Crippen LogP contribution in [0.1, 0.15) is 107 Å². The number of hydrogen-bond donors (Lipinski definition) is 2. The van der Waals surface area contributed by atoms with E-state index >= 15 is 4.79 Å². The molecular formula is C51H65FN2O7S. The van der Waals surface area contributed by atoms with Crippen molar-refractivity contribution < 1.29 is 38.4 Å². The summed E-state index contributed by atoms with van der Waals surface area (Å²) < 4.78 is 35.5. The highest BCUT2D eigenvalue weighted by atomic mass is 32.2. The molecule has 2 N–H and O–H groups in total. The first-order chi connectivity index (χ1) is 30.3. The number of oxime groups is 1. The van der Waals surface area contributed by atoms with Crippen LogP contribution in [0.2, 0.25) is 0 Å². The lowest BCUT2D eigenvalue weighted by Crippen LogP contribution is -2.70. The van der Waals surface area contributed by atoms with Gasteiger partial charge in [0.05, 0.1) is 18.2 Å². The zero-order valence-electron chi connectivity index (χ0n) is 36.5. The van der Waals surface area contributed by atoms with Crippen LogP contribution in [-0.2, 0) is 20.9 Å². The van der Waals surface area contributed by atoms with Crippen molar-refractivity contribution in [2.75, 3.05) is 32.7 Å². The van der Waals surface area contributed by atoms with E-state index in [2.05, 4.69) is 18.7 Å². The standard InChI is InChI=1S/C51H65FN2O7S/c1-4-30-58-51-47(54(34-36-16-19-38(52)20-17-36)48(57)27-18-35-12-6-7-13-35)33-45(53-59-5-2)43-31-37(14-8-10-28-55)42(15-9-11-29-56)49(50(43)51)44-32-40(23-26-46(44)61-51)60-39-21-24-41(62-3)25-22-39/h4,16-17,19-26,31-32,35,37,42,47,49-50,55-56H,1,5-15,18,27-30,33-34H2,2-3H3. The largest absolute Gasteiger partial charge is 0.459 e. The van der Waals surface area contributed by atoms with E-state index in [-0.39, 0.29) is 55.8 Å². The minimum Gasteiger partial charge on any atom is -0.459 e. The van der Waals surface area contributed by atoms with Gasteiger partial charge in [-0.1, -0.05) is 68.0 Å². The lowest BCUT2D eigenvalue weighted by molar-refractivity contribution is -0.258. The Morgan fingerprint density at radius 1 is 0.984 bits per heavy atom. The number of amides is 1. The predicted molar refractivity (Wildman–Crippen MR) is 243 cm³/mol. The summed E-state index contributed by atoms with van der Waals surface area (Å²) in [6.07, 6.45) is 17.0. The fourth-order valence-electron chi connectivity index (χ4n) is 10.6. The topological polar surface area (TPSA) is 110 Å². The van der Waals surface area contributed by atoms with Crippen molar-refractivity contribution in [2.24, 2.45) is 28.8 Å². The SMILES string of the molecule is C=CCOC12Oc3ccc(Oc4ccc(SC)cc4)cc3C3C(CCCCO)C(CCCCO)C=C(C(=NOCC)CC1N(Cc1ccc(F)cc1)C(=O)CCC1CCCC1)C32. The third-order valence-corrected chi connectivity index (χ3v) is 14.2. The molecule has 3 aliphatic carbocycles. The van der Waals surface area contributed by atoms with Crippen molar-refractivity contribution in [3.63, 3.8) is 0 Å². The smallest absolute Gasteiger partial charge is 0.239 e. The van der Waals surface area contributed by atoms with E-state index in [0.29, 0.717) is 49.7 Å². The summed E-state index contributed by atoms with van der Waals surface area (Å²) in [6, 6.07) is 19.8. The number of nitrogens with zero attached hydrogens (tertiary/aromatic N) is 2. The number of allylic oxidation sites excluding steroid dienone is 1. The Morgan fingerprint density at radius 2 is 1.71 bits per heavy atom. The number of fused-ring (bicyclic) bond motifs is 2. The lowest BCUT2D eigenvalue weighted by atomic mass is 9.55. The summed E-state index contributed by atoms with van der Waals surface area (Å²) in [7, 11) is 0. The first-order valence-corrected chi connectivity index (χ1v) is 24.1. The van der Waals surface area contributed by atoms with Crippen molar-refractivity contribution in [1.82, 2.24) is 4.90 Å². The molecule has 4 aliphatic rings. The van der Waals surface area contributed by atoms with Gasteiger partial charge in [-0.25, -0.2) is 4.39 Å². The number of benzene rings is 3. The highest BCUT2D eigenvalue weighted by molar-refractivity contribution is 7.98. The van der Waals surface area contributed by atoms with E-state index in [4.69, 9.17) is 24.2 Å². The van der Waals surface area contributed by atoms with E-state index in [1.54, 1.807) is 30.0 Å². The van der Waals surface area contributed by atoms with Crippen LogP contribution < -0.4 is 9.47 Å². The third kappa shape index (κ3) is 10.4. The van der Waals surface area contributed by atoms with Crippen molar-refractivity contribution in [2.45, 2.75) is 120 Å². The van der Waals surface area contributed by atoms with Gasteiger partial charge < -0.3 is 34.2 Å². The number of aliphatic hydroxyl groups is 2. The molecule has 0 bridgehead atoms. The van der Waals surface area contributed by atoms with Crippen LogP contribution in [0.15, 0.2) is 101 Å². The lowest BCUT2D eigenvalue weighted by Gasteiger charge is -2.60. The zero-order valence-corrected chi connectivity index (χ0v) is 37.3. The molecule has 334 valence electrons. The molecule has 1 aliphatic heterocycles. The molecule has 62 heavy (non-hydrogen) atoms. The van der Waals surface area contributed by atoms with Crippen molar-refractivity contribution in [1.29, 1.82) is 0 Å². The van der Waals surface area contributed by atoms with Gasteiger partial charge in [-0.2, -0.15) is 0 Å². The van der Waals surface area contributed by atoms with Gasteiger partial charge in [0.15, 0.2) is 0 Å². The predicted octanol–water partition coefficient (Wildman–Crippen LogP) is 11.0. The fraction of sp³-hybridized carbons (Fsp3) is 0.529. The normalized spacial score (nSPS) is 24.8. The van der Waals surface area contributed by atoms with Gasteiger partial charge in [0.25, 0.3) is 0 Å². The number of halogens is 1.